The molecule has 3 heterocycles. The van der Waals surface area contributed by atoms with Crippen LogP contribution in [0.25, 0.3) is 11.5 Å². The highest BCUT2D eigenvalue weighted by Gasteiger charge is 2.25. The van der Waals surface area contributed by atoms with Gasteiger partial charge in [0.2, 0.25) is 17.6 Å². The fourth-order valence-corrected chi connectivity index (χ4v) is 4.37. The molecule has 29 heavy (non-hydrogen) atoms. The lowest BCUT2D eigenvalue weighted by Gasteiger charge is -2.32. The Morgan fingerprint density at radius 2 is 2.14 bits per heavy atom. The molecule has 2 aromatic heterocycles. The molecule has 1 aromatic carbocycles. The number of carbonyl (C=O) groups is 1. The molecule has 0 N–H and O–H groups in total. The number of amides is 1. The second kappa shape index (κ2) is 9.65. The number of rotatable bonds is 7. The van der Waals surface area contributed by atoms with Crippen molar-refractivity contribution in [3.05, 3.63) is 60.4 Å². The first-order valence-electron chi connectivity index (χ1n) is 9.76. The van der Waals surface area contributed by atoms with E-state index in [1.807, 2.05) is 23.1 Å². The molecule has 150 valence electrons. The average Bonchev–Trinajstić information content (AvgIpc) is 3.24. The van der Waals surface area contributed by atoms with Crippen LogP contribution in [0.2, 0.25) is 0 Å². The van der Waals surface area contributed by atoms with Crippen LogP contribution in [0.3, 0.4) is 0 Å². The fraction of sp³-hybridized carbons (Fsp3) is 0.381. The van der Waals surface area contributed by atoms with E-state index >= 15 is 0 Å². The molecule has 7 nitrogen and oxygen atoms in total. The summed E-state index contributed by atoms with van der Waals surface area (Å²) in [6.07, 6.45) is 7.56. The smallest absolute Gasteiger partial charge is 0.232 e. The van der Waals surface area contributed by atoms with Gasteiger partial charge in [0, 0.05) is 37.7 Å². The van der Waals surface area contributed by atoms with E-state index in [1.165, 1.54) is 5.56 Å². The Morgan fingerprint density at radius 1 is 1.24 bits per heavy atom. The molecule has 0 spiro atoms. The molecule has 8 heteroatoms. The third kappa shape index (κ3) is 5.41. The molecule has 1 saturated heterocycles. The standard InChI is InChI=1S/C21H23N5O2S/c27-20(15-29-14-16-5-2-1-3-6-16)26-10-4-7-17(13-26)11-19-24-21(25-28-19)18-12-22-8-9-23-18/h1-3,5-6,8-9,12,17H,4,7,10-11,13-15H2. The maximum Gasteiger partial charge on any atom is 0.232 e. The molecule has 4 rings (SSSR count). The number of benzene rings is 1. The third-order valence-corrected chi connectivity index (χ3v) is 5.92. The fourth-order valence-electron chi connectivity index (χ4n) is 3.48. The largest absolute Gasteiger partial charge is 0.342 e. The molecule has 0 bridgehead atoms. The Morgan fingerprint density at radius 3 is 2.97 bits per heavy atom. The van der Waals surface area contributed by atoms with Crippen molar-refractivity contribution in [2.75, 3.05) is 18.8 Å². The van der Waals surface area contributed by atoms with Crippen LogP contribution in [-0.2, 0) is 17.0 Å². The van der Waals surface area contributed by atoms with E-state index in [0.717, 1.165) is 31.7 Å². The number of nitrogens with zero attached hydrogens (tertiary/aromatic N) is 5. The Bertz CT molecular complexity index is 919. The van der Waals surface area contributed by atoms with Crippen molar-refractivity contribution in [3.63, 3.8) is 0 Å². The summed E-state index contributed by atoms with van der Waals surface area (Å²) in [5.74, 6) is 2.96. The van der Waals surface area contributed by atoms with Crippen molar-refractivity contribution < 1.29 is 9.32 Å². The second-order valence-corrected chi connectivity index (χ2v) is 8.12. The Balaban J connectivity index is 1.27. The van der Waals surface area contributed by atoms with Gasteiger partial charge >= 0.3 is 0 Å². The summed E-state index contributed by atoms with van der Waals surface area (Å²) in [6.45, 7) is 1.57. The van der Waals surface area contributed by atoms with Crippen LogP contribution >= 0.6 is 11.8 Å². The lowest BCUT2D eigenvalue weighted by atomic mass is 9.95. The van der Waals surface area contributed by atoms with Gasteiger partial charge in [-0.3, -0.25) is 9.78 Å². The maximum atomic E-state index is 12.6. The molecule has 0 saturated carbocycles. The predicted molar refractivity (Wildman–Crippen MR) is 111 cm³/mol. The number of aromatic nitrogens is 4. The Kier molecular flexibility index (Phi) is 6.51. The minimum absolute atomic E-state index is 0.210. The quantitative estimate of drug-likeness (QED) is 0.592. The summed E-state index contributed by atoms with van der Waals surface area (Å²) in [6, 6.07) is 10.2. The van der Waals surface area contributed by atoms with Crippen molar-refractivity contribution in [1.29, 1.82) is 0 Å². The molecule has 3 aromatic rings. The van der Waals surface area contributed by atoms with E-state index in [0.29, 0.717) is 35.5 Å². The maximum absolute atomic E-state index is 12.6. The topological polar surface area (TPSA) is 85.0 Å². The van der Waals surface area contributed by atoms with Crippen LogP contribution < -0.4 is 0 Å². The zero-order valence-electron chi connectivity index (χ0n) is 16.1. The van der Waals surface area contributed by atoms with Gasteiger partial charge in [-0.25, -0.2) is 4.98 Å². The average molecular weight is 410 g/mol. The summed E-state index contributed by atoms with van der Waals surface area (Å²) in [4.78, 5) is 27.3. The van der Waals surface area contributed by atoms with Gasteiger partial charge in [0.15, 0.2) is 0 Å². The normalized spacial score (nSPS) is 16.7. The highest BCUT2D eigenvalue weighted by atomic mass is 32.2. The number of piperidine rings is 1. The Hall–Kier alpha value is -2.74. The van der Waals surface area contributed by atoms with Crippen LogP contribution in [0, 0.1) is 5.92 Å². The number of carbonyl (C=O) groups excluding carboxylic acids is 1. The van der Waals surface area contributed by atoms with E-state index < -0.39 is 0 Å². The second-order valence-electron chi connectivity index (χ2n) is 7.13. The minimum atomic E-state index is 0.210. The molecule has 1 unspecified atom stereocenters. The number of hydrogen-bond donors (Lipinski definition) is 0. The van der Waals surface area contributed by atoms with Gasteiger partial charge in [-0.1, -0.05) is 35.5 Å². The molecule has 0 aliphatic carbocycles. The third-order valence-electron chi connectivity index (χ3n) is 4.93. The monoisotopic (exact) mass is 409 g/mol. The molecule has 1 aliphatic rings. The van der Waals surface area contributed by atoms with E-state index in [2.05, 4.69) is 32.2 Å². The van der Waals surface area contributed by atoms with Crippen molar-refractivity contribution in [1.82, 2.24) is 25.0 Å². The molecular formula is C21H23N5O2S. The van der Waals surface area contributed by atoms with Crippen LogP contribution in [0.4, 0.5) is 0 Å². The number of hydrogen-bond acceptors (Lipinski definition) is 7. The summed E-state index contributed by atoms with van der Waals surface area (Å²) in [7, 11) is 0. The van der Waals surface area contributed by atoms with E-state index in [9.17, 15) is 4.79 Å². The van der Waals surface area contributed by atoms with Crippen LogP contribution in [0.1, 0.15) is 24.3 Å². The highest BCUT2D eigenvalue weighted by Crippen LogP contribution is 2.22. The van der Waals surface area contributed by atoms with E-state index in [1.54, 1.807) is 30.4 Å². The molecule has 1 atom stereocenters. The molecule has 0 radical (unpaired) electrons. The number of thioether (sulfide) groups is 1. The predicted octanol–water partition coefficient (Wildman–Crippen LogP) is 3.24. The lowest BCUT2D eigenvalue weighted by Crippen LogP contribution is -2.41. The summed E-state index contributed by atoms with van der Waals surface area (Å²) < 4.78 is 5.39. The first kappa shape index (κ1) is 19.6. The van der Waals surface area contributed by atoms with Crippen molar-refractivity contribution >= 4 is 17.7 Å². The van der Waals surface area contributed by atoms with Crippen molar-refractivity contribution in [2.45, 2.75) is 25.0 Å². The Labute approximate surface area is 173 Å². The van der Waals surface area contributed by atoms with Crippen molar-refractivity contribution in [3.8, 4) is 11.5 Å². The highest BCUT2D eigenvalue weighted by molar-refractivity contribution is 7.99. The SMILES string of the molecule is O=C(CSCc1ccccc1)N1CCCC(Cc2nc(-c3cnccn3)no2)C1. The van der Waals surface area contributed by atoms with Gasteiger partial charge in [-0.05, 0) is 24.3 Å². The summed E-state index contributed by atoms with van der Waals surface area (Å²) in [5, 5.41) is 4.00. The van der Waals surface area contributed by atoms with Gasteiger partial charge in [0.05, 0.1) is 11.9 Å². The van der Waals surface area contributed by atoms with Crippen LogP contribution in [-0.4, -0.2) is 49.8 Å². The van der Waals surface area contributed by atoms with E-state index in [-0.39, 0.29) is 5.91 Å². The first-order chi connectivity index (χ1) is 14.3. The molecule has 1 fully saturated rings. The van der Waals surface area contributed by atoms with Crippen molar-refractivity contribution in [2.24, 2.45) is 5.92 Å². The van der Waals surface area contributed by atoms with Gasteiger partial charge in [0.25, 0.3) is 0 Å². The zero-order valence-corrected chi connectivity index (χ0v) is 16.9. The number of likely N-dealkylation sites (tertiary alicyclic amines) is 1. The van der Waals surface area contributed by atoms with Crippen LogP contribution in [0.5, 0.6) is 0 Å². The molecular weight excluding hydrogens is 386 g/mol. The summed E-state index contributed by atoms with van der Waals surface area (Å²) in [5.41, 5.74) is 1.84. The molecule has 1 amide bonds. The van der Waals surface area contributed by atoms with Gasteiger partial charge in [-0.2, -0.15) is 4.98 Å². The van der Waals surface area contributed by atoms with Gasteiger partial charge < -0.3 is 9.42 Å². The van der Waals surface area contributed by atoms with Crippen LogP contribution in [0.15, 0.2) is 53.4 Å². The summed E-state index contributed by atoms with van der Waals surface area (Å²) >= 11 is 1.67. The molecule has 1 aliphatic heterocycles. The van der Waals surface area contributed by atoms with Gasteiger partial charge in [-0.15, -0.1) is 11.8 Å². The minimum Gasteiger partial charge on any atom is -0.342 e. The van der Waals surface area contributed by atoms with Gasteiger partial charge in [0.1, 0.15) is 5.69 Å². The zero-order chi connectivity index (χ0) is 19.9. The lowest BCUT2D eigenvalue weighted by molar-refractivity contribution is -0.130. The first-order valence-corrected chi connectivity index (χ1v) is 10.9. The van der Waals surface area contributed by atoms with E-state index in [4.69, 9.17) is 4.52 Å².